The molecule has 77 heavy (non-hydrogen) atoms. The first-order valence-electron chi connectivity index (χ1n) is 26.0. The van der Waals surface area contributed by atoms with E-state index in [9.17, 15) is 49.2 Å². The molecule has 4 rings (SSSR count). The molecule has 2 aliphatic heterocycles. The first-order chi connectivity index (χ1) is 35.5. The number of amides is 5. The fourth-order valence-electron chi connectivity index (χ4n) is 8.67. The van der Waals surface area contributed by atoms with Gasteiger partial charge < -0.3 is 94.5 Å². The van der Waals surface area contributed by atoms with Gasteiger partial charge in [0.05, 0.1) is 42.4 Å². The minimum absolute atomic E-state index is 0.0313. The van der Waals surface area contributed by atoms with Crippen molar-refractivity contribution in [1.82, 2.24) is 31.5 Å². The maximum absolute atomic E-state index is 13.9. The van der Waals surface area contributed by atoms with Crippen molar-refractivity contribution in [2.75, 3.05) is 39.9 Å². The molecule has 25 nitrogen and oxygen atoms in total. The standard InChI is InChI=1S/C52H86N6O19/c1-48(2,3)74-44(64)54-23-22-34(59)40(62)55-32-26-33(57-46(66)76-50(7,8)9)38(35(60)37(32)73-43-36(61)39(52(13,68)28-70-43)58(14)47(67)77-51(10,11)12)72-42-31(56-45(65)75-49(4,5)6)21-20-30(71-42)27-53-24-25-69-41(63)29-18-16-15-17-19-29/h15-19,30-39,42-43,53,59-61,68H,20-28H2,1-14H3,(H,54,64)(H,55,62)(H,56,65)(H,57,66)/t30-,31?,32+,33-,34-,35?,36?,37?,38?,39+,42+,43+,52?/m0/s1. The van der Waals surface area contributed by atoms with Crippen molar-refractivity contribution in [3.63, 3.8) is 0 Å². The molecule has 25 heteroatoms. The predicted molar refractivity (Wildman–Crippen MR) is 275 cm³/mol. The van der Waals surface area contributed by atoms with Gasteiger partial charge in [0.25, 0.3) is 0 Å². The van der Waals surface area contributed by atoms with Crippen LogP contribution in [0.3, 0.4) is 0 Å². The van der Waals surface area contributed by atoms with E-state index >= 15 is 0 Å². The highest BCUT2D eigenvalue weighted by Gasteiger charge is 2.55. The van der Waals surface area contributed by atoms with Crippen LogP contribution in [0.15, 0.2) is 30.3 Å². The summed E-state index contributed by atoms with van der Waals surface area (Å²) >= 11 is 0. The van der Waals surface area contributed by atoms with Gasteiger partial charge in [0.1, 0.15) is 65.1 Å². The highest BCUT2D eigenvalue weighted by atomic mass is 16.7. The van der Waals surface area contributed by atoms with Gasteiger partial charge in [0.15, 0.2) is 12.6 Å². The highest BCUT2D eigenvalue weighted by Crippen LogP contribution is 2.35. The van der Waals surface area contributed by atoms with Crippen molar-refractivity contribution in [3.05, 3.63) is 35.9 Å². The number of carbonyl (C=O) groups excluding carboxylic acids is 6. The molecule has 0 spiro atoms. The SMILES string of the molecule is CN(C(=O)OC(C)(C)C)[C@@H]1C(O)[C@@H](OC2C(O)C(O[C@H]3O[C@H](CNCCOC(=O)c4ccccc4)CCC3NC(=O)OC(C)(C)C)[C@@H](NC(=O)OC(C)(C)C)C[C@H]2NC(=O)[C@@H](O)CCNC(=O)OC(C)(C)C)OCC1(C)O. The Morgan fingerprint density at radius 3 is 1.82 bits per heavy atom. The summed E-state index contributed by atoms with van der Waals surface area (Å²) in [5.74, 6) is -1.49. The molecule has 1 aromatic rings. The van der Waals surface area contributed by atoms with Crippen LogP contribution in [-0.2, 0) is 47.4 Å². The Morgan fingerprint density at radius 1 is 0.714 bits per heavy atom. The van der Waals surface area contributed by atoms with Crippen molar-refractivity contribution < 1.29 is 91.8 Å². The van der Waals surface area contributed by atoms with E-state index in [2.05, 4.69) is 26.6 Å². The number of benzene rings is 1. The van der Waals surface area contributed by atoms with Crippen molar-refractivity contribution in [1.29, 1.82) is 0 Å². The van der Waals surface area contributed by atoms with E-state index in [1.54, 1.807) is 113 Å². The van der Waals surface area contributed by atoms with Gasteiger partial charge in [-0.25, -0.2) is 24.0 Å². The number of likely N-dealkylation sites (N-methyl/N-ethyl adjacent to an activating group) is 1. The lowest BCUT2D eigenvalue weighted by molar-refractivity contribution is -0.314. The van der Waals surface area contributed by atoms with E-state index in [0.29, 0.717) is 12.0 Å². The molecule has 3 fully saturated rings. The number of alkyl carbamates (subject to hydrolysis) is 3. The van der Waals surface area contributed by atoms with Crippen LogP contribution in [0.5, 0.6) is 0 Å². The maximum Gasteiger partial charge on any atom is 0.410 e. The van der Waals surface area contributed by atoms with Crippen LogP contribution in [-0.4, -0.2) is 203 Å². The number of esters is 1. The second-order valence-corrected chi connectivity index (χ2v) is 23.8. The topological polar surface area (TPSA) is 330 Å². The fraction of sp³-hybridized carbons (Fsp3) is 0.769. The van der Waals surface area contributed by atoms with E-state index in [4.69, 9.17) is 42.6 Å². The zero-order valence-corrected chi connectivity index (χ0v) is 47.0. The van der Waals surface area contributed by atoms with Gasteiger partial charge in [0, 0.05) is 26.7 Å². The summed E-state index contributed by atoms with van der Waals surface area (Å²) in [5.41, 5.74) is -5.20. The van der Waals surface area contributed by atoms with Crippen LogP contribution in [0, 0.1) is 0 Å². The summed E-state index contributed by atoms with van der Waals surface area (Å²) in [6.45, 7) is 21.0. The van der Waals surface area contributed by atoms with Crippen molar-refractivity contribution >= 4 is 36.2 Å². The Bertz CT molecular complexity index is 2110. The predicted octanol–water partition coefficient (Wildman–Crippen LogP) is 2.72. The first kappa shape index (κ1) is 64.4. The van der Waals surface area contributed by atoms with Crippen molar-refractivity contribution in [2.45, 2.75) is 217 Å². The molecule has 2 saturated heterocycles. The Labute approximate surface area is 451 Å². The second-order valence-electron chi connectivity index (χ2n) is 23.8. The van der Waals surface area contributed by atoms with Crippen LogP contribution in [0.1, 0.15) is 126 Å². The molecule has 9 N–H and O–H groups in total. The average Bonchev–Trinajstić information content (AvgIpc) is 3.27. The fourth-order valence-corrected chi connectivity index (χ4v) is 8.67. The Hall–Kier alpha value is -5.12. The molecule has 438 valence electrons. The van der Waals surface area contributed by atoms with E-state index in [-0.39, 0.29) is 45.5 Å². The van der Waals surface area contributed by atoms with Crippen LogP contribution in [0.4, 0.5) is 19.2 Å². The summed E-state index contributed by atoms with van der Waals surface area (Å²) in [7, 11) is 1.31. The lowest BCUT2D eigenvalue weighted by atomic mass is 9.82. The van der Waals surface area contributed by atoms with E-state index in [1.807, 2.05) is 0 Å². The number of ether oxygens (including phenoxy) is 9. The number of aliphatic hydroxyl groups is 4. The zero-order chi connectivity index (χ0) is 57.8. The Kier molecular flexibility index (Phi) is 22.7. The quantitative estimate of drug-likeness (QED) is 0.0580. The molecule has 1 aromatic carbocycles. The first-order valence-corrected chi connectivity index (χ1v) is 26.0. The maximum atomic E-state index is 13.9. The summed E-state index contributed by atoms with van der Waals surface area (Å²) in [6, 6.07) is 3.50. The van der Waals surface area contributed by atoms with Crippen LogP contribution < -0.4 is 26.6 Å². The molecule has 0 radical (unpaired) electrons. The van der Waals surface area contributed by atoms with Crippen LogP contribution >= 0.6 is 0 Å². The number of nitrogens with zero attached hydrogens (tertiary/aromatic N) is 1. The summed E-state index contributed by atoms with van der Waals surface area (Å²) in [5, 5.41) is 61.2. The van der Waals surface area contributed by atoms with Gasteiger partial charge in [0.2, 0.25) is 5.91 Å². The molecular formula is C52H86N6O19. The number of aliphatic hydroxyl groups excluding tert-OH is 3. The van der Waals surface area contributed by atoms with E-state index in [1.165, 1.54) is 14.0 Å². The lowest BCUT2D eigenvalue weighted by Crippen LogP contribution is -2.71. The highest BCUT2D eigenvalue weighted by molar-refractivity contribution is 5.89. The third-order valence-electron chi connectivity index (χ3n) is 11.9. The molecule has 3 aliphatic rings. The van der Waals surface area contributed by atoms with Gasteiger partial charge in [-0.15, -0.1) is 0 Å². The van der Waals surface area contributed by atoms with Gasteiger partial charge in [-0.3, -0.25) is 4.79 Å². The van der Waals surface area contributed by atoms with Crippen molar-refractivity contribution in [2.24, 2.45) is 0 Å². The lowest BCUT2D eigenvalue weighted by Gasteiger charge is -2.51. The largest absolute Gasteiger partial charge is 0.461 e. The summed E-state index contributed by atoms with van der Waals surface area (Å²) in [4.78, 5) is 80.1. The molecule has 5 amide bonds. The third kappa shape index (κ3) is 21.2. The van der Waals surface area contributed by atoms with Gasteiger partial charge in [-0.05, 0) is 128 Å². The summed E-state index contributed by atoms with van der Waals surface area (Å²) in [6.07, 6.45) is -15.9. The molecule has 2 heterocycles. The third-order valence-corrected chi connectivity index (χ3v) is 11.9. The molecule has 6 unspecified atom stereocenters. The van der Waals surface area contributed by atoms with Crippen LogP contribution in [0.25, 0.3) is 0 Å². The van der Waals surface area contributed by atoms with E-state index < -0.39 is 144 Å². The zero-order valence-electron chi connectivity index (χ0n) is 47.0. The Morgan fingerprint density at radius 2 is 1.25 bits per heavy atom. The smallest absolute Gasteiger partial charge is 0.410 e. The van der Waals surface area contributed by atoms with Gasteiger partial charge in [-0.2, -0.15) is 0 Å². The summed E-state index contributed by atoms with van der Waals surface area (Å²) < 4.78 is 52.9. The van der Waals surface area contributed by atoms with Gasteiger partial charge >= 0.3 is 30.3 Å². The minimum atomic E-state index is -1.91. The van der Waals surface area contributed by atoms with Gasteiger partial charge in [-0.1, -0.05) is 18.2 Å². The number of hydrogen-bond acceptors (Lipinski definition) is 20. The second kappa shape index (κ2) is 27.2. The number of nitrogens with one attached hydrogen (secondary N) is 5. The Balaban J connectivity index is 1.71. The molecule has 0 bridgehead atoms. The molecule has 1 saturated carbocycles. The number of hydrogen-bond donors (Lipinski definition) is 9. The molecular weight excluding hydrogens is 1010 g/mol. The van der Waals surface area contributed by atoms with E-state index in [0.717, 1.165) is 4.90 Å². The van der Waals surface area contributed by atoms with Crippen molar-refractivity contribution in [3.8, 4) is 0 Å². The number of rotatable bonds is 18. The minimum Gasteiger partial charge on any atom is -0.461 e. The normalized spacial score (nSPS) is 28.4. The monoisotopic (exact) mass is 1100 g/mol. The molecule has 1 aliphatic carbocycles. The average molecular weight is 1100 g/mol. The molecule has 0 aromatic heterocycles. The number of carbonyl (C=O) groups is 6. The van der Waals surface area contributed by atoms with Crippen LogP contribution in [0.2, 0.25) is 0 Å². The molecule has 13 atom stereocenters.